The molecule has 0 saturated carbocycles. The van der Waals surface area contributed by atoms with E-state index in [9.17, 15) is 24.6 Å². The van der Waals surface area contributed by atoms with E-state index in [-0.39, 0.29) is 35.2 Å². The number of nitrogens with one attached hydrogen (secondary N) is 2. The highest BCUT2D eigenvalue weighted by molar-refractivity contribution is 6.00. The Morgan fingerprint density at radius 3 is 2.36 bits per heavy atom. The molecule has 1 heterocycles. The van der Waals surface area contributed by atoms with Gasteiger partial charge in [-0.05, 0) is 55.4 Å². The quantitative estimate of drug-likeness (QED) is 0.291. The van der Waals surface area contributed by atoms with Crippen LogP contribution in [0.15, 0.2) is 48.5 Å². The van der Waals surface area contributed by atoms with Gasteiger partial charge in [-0.15, -0.1) is 0 Å². The summed E-state index contributed by atoms with van der Waals surface area (Å²) in [5, 5.41) is 26.3. The first-order valence-electron chi connectivity index (χ1n) is 13.9. The Morgan fingerprint density at radius 1 is 1.05 bits per heavy atom. The molecule has 2 unspecified atom stereocenters. The molecule has 0 spiro atoms. The third kappa shape index (κ3) is 9.07. The molecule has 3 rings (SSSR count). The number of hydrogen-bond donors (Lipinski definition) is 4. The van der Waals surface area contributed by atoms with Gasteiger partial charge in [0.2, 0.25) is 5.91 Å². The molecule has 39 heavy (non-hydrogen) atoms. The van der Waals surface area contributed by atoms with Crippen LogP contribution in [0.2, 0.25) is 0 Å². The van der Waals surface area contributed by atoms with Gasteiger partial charge in [-0.3, -0.25) is 19.8 Å². The van der Waals surface area contributed by atoms with Gasteiger partial charge in [-0.25, -0.2) is 5.01 Å². The van der Waals surface area contributed by atoms with Gasteiger partial charge < -0.3 is 20.4 Å². The third-order valence-corrected chi connectivity index (χ3v) is 6.98. The molecule has 9 heteroatoms. The normalized spacial score (nSPS) is 14.9. The molecule has 0 radical (unpaired) electrons. The lowest BCUT2D eigenvalue weighted by Gasteiger charge is -2.30. The van der Waals surface area contributed by atoms with E-state index in [2.05, 4.69) is 24.6 Å². The number of aromatic hydroxyl groups is 1. The van der Waals surface area contributed by atoms with E-state index in [1.54, 1.807) is 9.91 Å². The number of carbonyl (C=O) groups is 3. The van der Waals surface area contributed by atoms with Gasteiger partial charge in [0.05, 0.1) is 17.7 Å². The lowest BCUT2D eigenvalue weighted by atomic mass is 10.00. The van der Waals surface area contributed by atoms with Gasteiger partial charge in [0.25, 0.3) is 11.8 Å². The van der Waals surface area contributed by atoms with Crippen LogP contribution in [-0.2, 0) is 11.2 Å². The van der Waals surface area contributed by atoms with Crippen LogP contribution in [0.25, 0.3) is 0 Å². The van der Waals surface area contributed by atoms with Crippen molar-refractivity contribution >= 4 is 17.7 Å². The van der Waals surface area contributed by atoms with Crippen molar-refractivity contribution in [3.05, 3.63) is 65.2 Å². The number of rotatable bonds is 13. The Bertz CT molecular complexity index is 1100. The topological polar surface area (TPSA) is 122 Å². The highest BCUT2D eigenvalue weighted by Crippen LogP contribution is 2.23. The van der Waals surface area contributed by atoms with E-state index in [4.69, 9.17) is 0 Å². The number of aliphatic hydroxyl groups excluding tert-OH is 1. The number of amides is 3. The molecule has 0 aromatic heterocycles. The second-order valence-electron chi connectivity index (χ2n) is 10.6. The minimum atomic E-state index is -0.996. The Hall–Kier alpha value is -3.43. The molecule has 3 amide bonds. The zero-order valence-electron chi connectivity index (χ0n) is 23.2. The number of carbonyl (C=O) groups excluding carboxylic acids is 3. The average molecular weight is 539 g/mol. The zero-order chi connectivity index (χ0) is 28.4. The number of phenolic OH excluding ortho intramolecular Hbond substituents is 1. The van der Waals surface area contributed by atoms with Crippen molar-refractivity contribution in [2.24, 2.45) is 5.92 Å². The van der Waals surface area contributed by atoms with Crippen LogP contribution < -0.4 is 10.7 Å². The van der Waals surface area contributed by atoms with E-state index < -0.39 is 18.1 Å². The largest absolute Gasteiger partial charge is 0.507 e. The summed E-state index contributed by atoms with van der Waals surface area (Å²) >= 11 is 0. The van der Waals surface area contributed by atoms with Gasteiger partial charge in [-0.1, -0.05) is 51.1 Å². The molecule has 2 aromatic rings. The smallest absolute Gasteiger partial charge is 0.257 e. The summed E-state index contributed by atoms with van der Waals surface area (Å²) in [6, 6.07) is 13.1. The minimum absolute atomic E-state index is 0.111. The highest BCUT2D eigenvalue weighted by atomic mass is 16.3. The molecule has 1 saturated heterocycles. The van der Waals surface area contributed by atoms with E-state index >= 15 is 0 Å². The number of aliphatic hydroxyl groups is 1. The van der Waals surface area contributed by atoms with Crippen molar-refractivity contribution in [2.75, 3.05) is 26.2 Å². The molecule has 0 bridgehead atoms. The van der Waals surface area contributed by atoms with Crippen LogP contribution >= 0.6 is 0 Å². The van der Waals surface area contributed by atoms with E-state index in [0.29, 0.717) is 38.4 Å². The number of likely N-dealkylation sites (N-methyl/N-ethyl adjacent to an activating group) is 1. The Morgan fingerprint density at radius 2 is 1.74 bits per heavy atom. The summed E-state index contributed by atoms with van der Waals surface area (Å²) in [5.74, 6) is -0.672. The summed E-state index contributed by atoms with van der Waals surface area (Å²) in [5.41, 5.74) is 4.14. The van der Waals surface area contributed by atoms with Crippen molar-refractivity contribution in [1.29, 1.82) is 0 Å². The highest BCUT2D eigenvalue weighted by Gasteiger charge is 2.27. The van der Waals surface area contributed by atoms with Gasteiger partial charge in [-0.2, -0.15) is 0 Å². The SMILES string of the molecule is CCN(CC(O)C(Cc1ccccc1)NC(=O)c1ccc(C(=O)N2CCCC2)c(O)c1)NC(=O)CCC(C)C. The van der Waals surface area contributed by atoms with Crippen LogP contribution in [0.5, 0.6) is 5.75 Å². The maximum absolute atomic E-state index is 13.2. The maximum Gasteiger partial charge on any atom is 0.257 e. The number of hydrogen-bond acceptors (Lipinski definition) is 6. The molecule has 1 aliphatic rings. The summed E-state index contributed by atoms with van der Waals surface area (Å²) in [4.78, 5) is 40.0. The molecule has 2 atom stereocenters. The van der Waals surface area contributed by atoms with Crippen LogP contribution in [0, 0.1) is 5.92 Å². The lowest BCUT2D eigenvalue weighted by molar-refractivity contribution is -0.126. The molecular weight excluding hydrogens is 496 g/mol. The van der Waals surface area contributed by atoms with Gasteiger partial charge in [0.1, 0.15) is 5.75 Å². The number of nitrogens with zero attached hydrogens (tertiary/aromatic N) is 2. The fraction of sp³-hybridized carbons (Fsp3) is 0.500. The average Bonchev–Trinajstić information content (AvgIpc) is 3.46. The first-order chi connectivity index (χ1) is 18.7. The molecule has 0 aliphatic carbocycles. The second-order valence-corrected chi connectivity index (χ2v) is 10.6. The summed E-state index contributed by atoms with van der Waals surface area (Å²) in [7, 11) is 0. The Balaban J connectivity index is 1.71. The monoisotopic (exact) mass is 538 g/mol. The van der Waals surface area contributed by atoms with Crippen molar-refractivity contribution in [2.45, 2.75) is 65.0 Å². The van der Waals surface area contributed by atoms with Crippen LogP contribution in [-0.4, -0.2) is 76.2 Å². The zero-order valence-corrected chi connectivity index (χ0v) is 23.2. The van der Waals surface area contributed by atoms with E-state index in [1.807, 2.05) is 37.3 Å². The summed E-state index contributed by atoms with van der Waals surface area (Å²) in [6.07, 6.45) is 2.42. The molecule has 4 N–H and O–H groups in total. The Labute approximate surface area is 231 Å². The van der Waals surface area contributed by atoms with Gasteiger partial charge in [0.15, 0.2) is 0 Å². The molecule has 2 aromatic carbocycles. The molecule has 212 valence electrons. The van der Waals surface area contributed by atoms with Crippen LogP contribution in [0.1, 0.15) is 72.7 Å². The first-order valence-corrected chi connectivity index (χ1v) is 13.9. The van der Waals surface area contributed by atoms with E-state index in [1.165, 1.54) is 18.2 Å². The van der Waals surface area contributed by atoms with Crippen molar-refractivity contribution < 1.29 is 24.6 Å². The molecule has 9 nitrogen and oxygen atoms in total. The minimum Gasteiger partial charge on any atom is -0.507 e. The number of likely N-dealkylation sites (tertiary alicyclic amines) is 1. The summed E-state index contributed by atoms with van der Waals surface area (Å²) < 4.78 is 0. The maximum atomic E-state index is 13.2. The summed E-state index contributed by atoms with van der Waals surface area (Å²) in [6.45, 7) is 7.93. The second kappa shape index (κ2) is 14.6. The van der Waals surface area contributed by atoms with Crippen molar-refractivity contribution in [1.82, 2.24) is 20.7 Å². The van der Waals surface area contributed by atoms with Crippen molar-refractivity contribution in [3.8, 4) is 5.75 Å². The fourth-order valence-corrected chi connectivity index (χ4v) is 4.61. The molecule has 1 fully saturated rings. The lowest BCUT2D eigenvalue weighted by Crippen LogP contribution is -2.53. The fourth-order valence-electron chi connectivity index (χ4n) is 4.61. The first kappa shape index (κ1) is 30.1. The number of benzene rings is 2. The predicted molar refractivity (Wildman–Crippen MR) is 150 cm³/mol. The Kier molecular flexibility index (Phi) is 11.3. The van der Waals surface area contributed by atoms with Crippen LogP contribution in [0.4, 0.5) is 0 Å². The standard InChI is InChI=1S/C30H42N4O5/c1-4-34(32-28(37)15-12-21(2)3)20-27(36)25(18-22-10-6-5-7-11-22)31-29(38)23-13-14-24(26(35)19-23)30(39)33-16-8-9-17-33/h5-7,10-11,13-14,19,21,25,27,35-36H,4,8-9,12,15-18,20H2,1-3H3,(H,31,38)(H,32,37). The number of hydrazine groups is 1. The van der Waals surface area contributed by atoms with Crippen molar-refractivity contribution in [3.63, 3.8) is 0 Å². The van der Waals surface area contributed by atoms with E-state index in [0.717, 1.165) is 24.8 Å². The van der Waals surface area contributed by atoms with Gasteiger partial charge in [0, 0.05) is 38.2 Å². The van der Waals surface area contributed by atoms with Gasteiger partial charge >= 0.3 is 0 Å². The number of phenols is 1. The predicted octanol–water partition coefficient (Wildman–Crippen LogP) is 3.12. The van der Waals surface area contributed by atoms with Crippen LogP contribution in [0.3, 0.4) is 0 Å². The third-order valence-electron chi connectivity index (χ3n) is 6.98. The molecule has 1 aliphatic heterocycles. The molecular formula is C30H42N4O5.